The molecule has 3 heterocycles. The van der Waals surface area contributed by atoms with Gasteiger partial charge in [-0.2, -0.15) is 4.98 Å². The minimum absolute atomic E-state index is 0.260. The van der Waals surface area contributed by atoms with E-state index in [0.29, 0.717) is 5.95 Å². The third-order valence-electron chi connectivity index (χ3n) is 4.06. The number of benzene rings is 1. The summed E-state index contributed by atoms with van der Waals surface area (Å²) in [4.78, 5) is 13.3. The molecule has 122 valence electrons. The van der Waals surface area contributed by atoms with Gasteiger partial charge in [-0.1, -0.05) is 12.1 Å². The highest BCUT2D eigenvalue weighted by molar-refractivity contribution is 5.90. The Kier molecular flexibility index (Phi) is 4.20. The molecule has 1 atom stereocenters. The largest absolute Gasteiger partial charge is 0.376 e. The Hall–Kier alpha value is -2.73. The van der Waals surface area contributed by atoms with Gasteiger partial charge in [-0.25, -0.2) is 4.98 Å². The van der Waals surface area contributed by atoms with Crippen LogP contribution in [0.5, 0.6) is 0 Å². The van der Waals surface area contributed by atoms with Crippen LogP contribution in [0, 0.1) is 0 Å². The Bertz CT molecular complexity index is 818. The van der Waals surface area contributed by atoms with Gasteiger partial charge in [-0.15, -0.1) is 0 Å². The number of hydrogen-bond acceptors (Lipinski definition) is 6. The van der Waals surface area contributed by atoms with E-state index in [1.54, 1.807) is 12.4 Å². The maximum absolute atomic E-state index is 5.68. The van der Waals surface area contributed by atoms with Crippen molar-refractivity contribution in [2.75, 3.05) is 23.8 Å². The first-order valence-electron chi connectivity index (χ1n) is 8.18. The first-order valence-corrected chi connectivity index (χ1v) is 8.18. The highest BCUT2D eigenvalue weighted by Gasteiger charge is 2.16. The lowest BCUT2D eigenvalue weighted by atomic mass is 10.2. The van der Waals surface area contributed by atoms with Crippen LogP contribution in [-0.4, -0.2) is 34.2 Å². The number of anilines is 3. The Morgan fingerprint density at radius 3 is 2.79 bits per heavy atom. The summed E-state index contributed by atoms with van der Waals surface area (Å²) < 4.78 is 5.68. The average molecular weight is 321 g/mol. The Balaban J connectivity index is 1.62. The molecule has 3 aromatic rings. The Morgan fingerprint density at radius 1 is 1.08 bits per heavy atom. The summed E-state index contributed by atoms with van der Waals surface area (Å²) in [5.41, 5.74) is 1.81. The average Bonchev–Trinajstić information content (AvgIpc) is 3.14. The van der Waals surface area contributed by atoms with Crippen LogP contribution in [0.25, 0.3) is 10.9 Å². The molecule has 0 amide bonds. The molecule has 2 N–H and O–H groups in total. The van der Waals surface area contributed by atoms with Crippen molar-refractivity contribution in [1.29, 1.82) is 0 Å². The predicted octanol–water partition coefficient (Wildman–Crippen LogP) is 3.36. The zero-order valence-electron chi connectivity index (χ0n) is 13.3. The van der Waals surface area contributed by atoms with Crippen molar-refractivity contribution in [3.8, 4) is 0 Å². The van der Waals surface area contributed by atoms with E-state index in [1.165, 1.54) is 0 Å². The fourth-order valence-corrected chi connectivity index (χ4v) is 2.85. The molecule has 1 fully saturated rings. The molecule has 0 saturated carbocycles. The minimum Gasteiger partial charge on any atom is -0.376 e. The number of hydrogen-bond donors (Lipinski definition) is 2. The fourth-order valence-electron chi connectivity index (χ4n) is 2.85. The maximum atomic E-state index is 5.68. The van der Waals surface area contributed by atoms with Crippen molar-refractivity contribution in [2.24, 2.45) is 0 Å². The molecule has 24 heavy (non-hydrogen) atoms. The molecule has 6 heteroatoms. The van der Waals surface area contributed by atoms with Gasteiger partial charge in [0, 0.05) is 36.6 Å². The number of para-hydroxylation sites is 1. The van der Waals surface area contributed by atoms with Gasteiger partial charge in [0.2, 0.25) is 5.95 Å². The molecule has 1 aromatic carbocycles. The SMILES string of the molecule is c1ccc2c(NC[C@H]3CCCO3)nc(Nc3ccncc3)nc2c1. The molecular weight excluding hydrogens is 302 g/mol. The number of pyridine rings is 1. The third-order valence-corrected chi connectivity index (χ3v) is 4.06. The van der Waals surface area contributed by atoms with Crippen molar-refractivity contribution >= 4 is 28.4 Å². The number of rotatable bonds is 5. The number of ether oxygens (including phenoxy) is 1. The van der Waals surface area contributed by atoms with Crippen LogP contribution in [0.1, 0.15) is 12.8 Å². The molecule has 0 spiro atoms. The smallest absolute Gasteiger partial charge is 0.229 e. The maximum Gasteiger partial charge on any atom is 0.229 e. The highest BCUT2D eigenvalue weighted by Crippen LogP contribution is 2.24. The summed E-state index contributed by atoms with van der Waals surface area (Å²) in [6, 6.07) is 11.8. The van der Waals surface area contributed by atoms with Crippen LogP contribution in [0.2, 0.25) is 0 Å². The van der Waals surface area contributed by atoms with Crippen LogP contribution < -0.4 is 10.6 Å². The topological polar surface area (TPSA) is 72.0 Å². The van der Waals surface area contributed by atoms with E-state index in [1.807, 2.05) is 36.4 Å². The number of nitrogens with zero attached hydrogens (tertiary/aromatic N) is 3. The van der Waals surface area contributed by atoms with Crippen LogP contribution in [-0.2, 0) is 4.74 Å². The molecule has 4 rings (SSSR count). The lowest BCUT2D eigenvalue weighted by Crippen LogP contribution is -2.19. The third kappa shape index (κ3) is 3.28. The van der Waals surface area contributed by atoms with E-state index < -0.39 is 0 Å². The van der Waals surface area contributed by atoms with Crippen molar-refractivity contribution < 1.29 is 4.74 Å². The molecule has 0 aliphatic carbocycles. The molecule has 0 bridgehead atoms. The van der Waals surface area contributed by atoms with Crippen LogP contribution >= 0.6 is 0 Å². The first-order chi connectivity index (χ1) is 11.9. The van der Waals surface area contributed by atoms with E-state index in [4.69, 9.17) is 4.74 Å². The van der Waals surface area contributed by atoms with Gasteiger partial charge in [0.25, 0.3) is 0 Å². The van der Waals surface area contributed by atoms with Crippen LogP contribution in [0.4, 0.5) is 17.5 Å². The van der Waals surface area contributed by atoms with Crippen molar-refractivity contribution in [3.63, 3.8) is 0 Å². The zero-order chi connectivity index (χ0) is 16.2. The van der Waals surface area contributed by atoms with Crippen molar-refractivity contribution in [2.45, 2.75) is 18.9 Å². The minimum atomic E-state index is 0.260. The second-order valence-corrected chi connectivity index (χ2v) is 5.79. The van der Waals surface area contributed by atoms with Gasteiger partial charge in [-0.3, -0.25) is 4.98 Å². The van der Waals surface area contributed by atoms with Gasteiger partial charge in [0.05, 0.1) is 11.6 Å². The fraction of sp³-hybridized carbons (Fsp3) is 0.278. The lowest BCUT2D eigenvalue weighted by molar-refractivity contribution is 0.120. The van der Waals surface area contributed by atoms with Gasteiger partial charge in [-0.05, 0) is 37.1 Å². The van der Waals surface area contributed by atoms with Crippen LogP contribution in [0.3, 0.4) is 0 Å². The van der Waals surface area contributed by atoms with Gasteiger partial charge >= 0.3 is 0 Å². The summed E-state index contributed by atoms with van der Waals surface area (Å²) >= 11 is 0. The van der Waals surface area contributed by atoms with E-state index in [0.717, 1.165) is 48.4 Å². The first kappa shape index (κ1) is 14.8. The van der Waals surface area contributed by atoms with Crippen molar-refractivity contribution in [3.05, 3.63) is 48.8 Å². The Labute approximate surface area is 140 Å². The molecule has 6 nitrogen and oxygen atoms in total. The quantitative estimate of drug-likeness (QED) is 0.751. The van der Waals surface area contributed by atoms with E-state index >= 15 is 0 Å². The molecule has 2 aromatic heterocycles. The number of aromatic nitrogens is 3. The highest BCUT2D eigenvalue weighted by atomic mass is 16.5. The predicted molar refractivity (Wildman–Crippen MR) is 94.5 cm³/mol. The second-order valence-electron chi connectivity index (χ2n) is 5.79. The molecule has 0 unspecified atom stereocenters. The number of nitrogens with one attached hydrogen (secondary N) is 2. The molecular formula is C18H19N5O. The normalized spacial score (nSPS) is 17.1. The summed E-state index contributed by atoms with van der Waals surface area (Å²) in [7, 11) is 0. The standard InChI is InChI=1S/C18H19N5O/c1-2-6-16-15(5-1)17(20-12-14-4-3-11-24-14)23-18(22-16)21-13-7-9-19-10-8-13/h1-2,5-10,14H,3-4,11-12H2,(H2,19,20,21,22,23)/t14-/m1/s1. The lowest BCUT2D eigenvalue weighted by Gasteiger charge is -2.14. The Morgan fingerprint density at radius 2 is 1.96 bits per heavy atom. The molecule has 1 aliphatic heterocycles. The van der Waals surface area contributed by atoms with Crippen LogP contribution in [0.15, 0.2) is 48.8 Å². The molecule has 1 aliphatic rings. The summed E-state index contributed by atoms with van der Waals surface area (Å²) in [5, 5.41) is 7.67. The zero-order valence-corrected chi connectivity index (χ0v) is 13.3. The van der Waals surface area contributed by atoms with E-state index in [-0.39, 0.29) is 6.10 Å². The van der Waals surface area contributed by atoms with Crippen molar-refractivity contribution in [1.82, 2.24) is 15.0 Å². The second kappa shape index (κ2) is 6.80. The van der Waals surface area contributed by atoms with Gasteiger partial charge in [0.15, 0.2) is 0 Å². The monoisotopic (exact) mass is 321 g/mol. The summed E-state index contributed by atoms with van der Waals surface area (Å²) in [6.07, 6.45) is 5.96. The van der Waals surface area contributed by atoms with E-state index in [9.17, 15) is 0 Å². The molecule has 0 radical (unpaired) electrons. The van der Waals surface area contributed by atoms with E-state index in [2.05, 4.69) is 25.6 Å². The van der Waals surface area contributed by atoms with Gasteiger partial charge in [0.1, 0.15) is 5.82 Å². The summed E-state index contributed by atoms with van der Waals surface area (Å²) in [5.74, 6) is 1.39. The number of fused-ring (bicyclic) bond motifs is 1. The van der Waals surface area contributed by atoms with Gasteiger partial charge < -0.3 is 15.4 Å². The summed E-state index contributed by atoms with van der Waals surface area (Å²) in [6.45, 7) is 1.61. The molecule has 1 saturated heterocycles.